The number of aromatic nitrogens is 5. The molecule has 3 aromatic heterocycles. The molecule has 1 aliphatic rings. The van der Waals surface area contributed by atoms with Gasteiger partial charge in [0.25, 0.3) is 0 Å². The number of hydrogen-bond donors (Lipinski definition) is 1. The van der Waals surface area contributed by atoms with E-state index in [1.54, 1.807) is 40.2 Å². The molecule has 232 valence electrons. The molecule has 0 bridgehead atoms. The van der Waals surface area contributed by atoms with E-state index in [0.717, 1.165) is 11.4 Å². The average Bonchev–Trinajstić information content (AvgIpc) is 3.47. The van der Waals surface area contributed by atoms with Crippen LogP contribution in [0.15, 0.2) is 73.3 Å². The first-order chi connectivity index (χ1) is 21.6. The van der Waals surface area contributed by atoms with Crippen LogP contribution in [-0.2, 0) is 4.74 Å². The van der Waals surface area contributed by atoms with Crippen LogP contribution in [0.3, 0.4) is 0 Å². The summed E-state index contributed by atoms with van der Waals surface area (Å²) in [6, 6.07) is 15.5. The van der Waals surface area contributed by atoms with Crippen LogP contribution in [0.4, 0.5) is 20.7 Å². The highest BCUT2D eigenvalue weighted by atomic mass is 19.1. The number of fused-ring (bicyclic) bond motifs is 1. The maximum absolute atomic E-state index is 15.2. The molecular formula is C33H34FN7O4. The molecule has 1 aliphatic heterocycles. The number of pyridine rings is 1. The number of rotatable bonds is 7. The molecule has 1 saturated heterocycles. The third-order valence-corrected chi connectivity index (χ3v) is 7.14. The summed E-state index contributed by atoms with van der Waals surface area (Å²) in [6.45, 7) is 8.58. The van der Waals surface area contributed by atoms with Crippen LogP contribution < -0.4 is 14.8 Å². The lowest BCUT2D eigenvalue weighted by atomic mass is 10.1. The lowest BCUT2D eigenvalue weighted by Gasteiger charge is -2.33. The third-order valence-electron chi connectivity index (χ3n) is 7.14. The minimum atomic E-state index is -0.534. The zero-order chi connectivity index (χ0) is 31.6. The molecule has 1 amide bonds. The smallest absolute Gasteiger partial charge is 0.410 e. The summed E-state index contributed by atoms with van der Waals surface area (Å²) in [7, 11) is 0. The van der Waals surface area contributed by atoms with Gasteiger partial charge in [-0.3, -0.25) is 4.98 Å². The van der Waals surface area contributed by atoms with Crippen LogP contribution in [0.2, 0.25) is 0 Å². The highest BCUT2D eigenvalue weighted by molar-refractivity contribution is 5.91. The van der Waals surface area contributed by atoms with Crippen molar-refractivity contribution < 1.29 is 23.4 Å². The summed E-state index contributed by atoms with van der Waals surface area (Å²) in [5, 5.41) is 8.16. The van der Waals surface area contributed by atoms with Crippen LogP contribution >= 0.6 is 0 Å². The Morgan fingerprint density at radius 1 is 0.978 bits per heavy atom. The Kier molecular flexibility index (Phi) is 8.20. The van der Waals surface area contributed by atoms with E-state index in [0.29, 0.717) is 60.0 Å². The van der Waals surface area contributed by atoms with Crippen LogP contribution in [0.5, 0.6) is 17.4 Å². The number of nitrogens with one attached hydrogen (secondary N) is 1. The van der Waals surface area contributed by atoms with Gasteiger partial charge in [0, 0.05) is 55.3 Å². The fraction of sp³-hybridized carbons (Fsp3) is 0.303. The molecule has 0 saturated carbocycles. The SMILES string of the molecule is Cc1ccc(-n2ccc(Oc3ccc(Nc4ncnc5ccc(OC6CCN(C(=O)OC(C)(C)C)CC6)cc45)c(F)c3)n2)cn1. The van der Waals surface area contributed by atoms with Crippen LogP contribution in [0, 0.1) is 12.7 Å². The second-order valence-corrected chi connectivity index (χ2v) is 11.8. The molecule has 1 fully saturated rings. The Morgan fingerprint density at radius 2 is 1.78 bits per heavy atom. The van der Waals surface area contributed by atoms with Crippen molar-refractivity contribution in [1.82, 2.24) is 29.6 Å². The van der Waals surface area contributed by atoms with Gasteiger partial charge in [0.2, 0.25) is 5.88 Å². The monoisotopic (exact) mass is 611 g/mol. The first-order valence-electron chi connectivity index (χ1n) is 14.7. The molecule has 4 heterocycles. The quantitative estimate of drug-likeness (QED) is 0.208. The number of benzene rings is 2. The number of halogens is 1. The number of anilines is 2. The van der Waals surface area contributed by atoms with Gasteiger partial charge in [0.1, 0.15) is 41.2 Å². The van der Waals surface area contributed by atoms with Crippen molar-refractivity contribution in [2.75, 3.05) is 18.4 Å². The van der Waals surface area contributed by atoms with Crippen LogP contribution in [-0.4, -0.2) is 60.5 Å². The molecule has 2 aromatic carbocycles. The van der Waals surface area contributed by atoms with Crippen molar-refractivity contribution in [3.8, 4) is 23.1 Å². The maximum Gasteiger partial charge on any atom is 0.410 e. The molecule has 12 heteroatoms. The Balaban J connectivity index is 1.11. The van der Waals surface area contributed by atoms with Gasteiger partial charge < -0.3 is 24.4 Å². The van der Waals surface area contributed by atoms with Gasteiger partial charge in [-0.15, -0.1) is 5.10 Å². The predicted octanol–water partition coefficient (Wildman–Crippen LogP) is 6.97. The molecule has 0 radical (unpaired) electrons. The molecule has 5 aromatic rings. The first-order valence-corrected chi connectivity index (χ1v) is 14.7. The highest BCUT2D eigenvalue weighted by Gasteiger charge is 2.27. The summed E-state index contributed by atoms with van der Waals surface area (Å²) >= 11 is 0. The third kappa shape index (κ3) is 7.28. The largest absolute Gasteiger partial charge is 0.490 e. The highest BCUT2D eigenvalue weighted by Crippen LogP contribution is 2.31. The van der Waals surface area contributed by atoms with E-state index in [9.17, 15) is 4.79 Å². The normalized spacial score (nSPS) is 13.9. The van der Waals surface area contributed by atoms with Gasteiger partial charge in [0.05, 0.1) is 23.1 Å². The summed E-state index contributed by atoms with van der Waals surface area (Å²) in [4.78, 5) is 27.1. The average molecular weight is 612 g/mol. The topological polar surface area (TPSA) is 117 Å². The van der Waals surface area contributed by atoms with E-state index in [2.05, 4.69) is 25.4 Å². The van der Waals surface area contributed by atoms with E-state index in [1.165, 1.54) is 12.4 Å². The van der Waals surface area contributed by atoms with Crippen molar-refractivity contribution in [3.63, 3.8) is 0 Å². The second-order valence-electron chi connectivity index (χ2n) is 11.8. The van der Waals surface area contributed by atoms with Crippen molar-refractivity contribution in [2.24, 2.45) is 0 Å². The lowest BCUT2D eigenvalue weighted by molar-refractivity contribution is 0.0126. The molecular weight excluding hydrogens is 577 g/mol. The molecule has 45 heavy (non-hydrogen) atoms. The van der Waals surface area contributed by atoms with Gasteiger partial charge >= 0.3 is 6.09 Å². The minimum absolute atomic E-state index is 0.0629. The minimum Gasteiger partial charge on any atom is -0.490 e. The Bertz CT molecular complexity index is 1810. The van der Waals surface area contributed by atoms with E-state index in [1.807, 2.05) is 58.0 Å². The number of piperidine rings is 1. The first kappa shape index (κ1) is 29.8. The van der Waals surface area contributed by atoms with Crippen molar-refractivity contribution in [2.45, 2.75) is 52.2 Å². The van der Waals surface area contributed by atoms with Crippen molar-refractivity contribution in [1.29, 1.82) is 0 Å². The van der Waals surface area contributed by atoms with Crippen LogP contribution in [0.1, 0.15) is 39.3 Å². The Morgan fingerprint density at radius 3 is 2.51 bits per heavy atom. The van der Waals surface area contributed by atoms with Crippen molar-refractivity contribution >= 4 is 28.5 Å². The number of nitrogens with zero attached hydrogens (tertiary/aromatic N) is 6. The molecule has 0 atom stereocenters. The van der Waals surface area contributed by atoms with E-state index < -0.39 is 11.4 Å². The fourth-order valence-electron chi connectivity index (χ4n) is 4.89. The van der Waals surface area contributed by atoms with Gasteiger partial charge in [0.15, 0.2) is 0 Å². The fourth-order valence-corrected chi connectivity index (χ4v) is 4.89. The molecule has 0 unspecified atom stereocenters. The lowest BCUT2D eigenvalue weighted by Crippen LogP contribution is -2.44. The summed E-state index contributed by atoms with van der Waals surface area (Å²) in [6.07, 6.45) is 5.87. The van der Waals surface area contributed by atoms with Gasteiger partial charge in [-0.1, -0.05) is 0 Å². The summed E-state index contributed by atoms with van der Waals surface area (Å²) in [5.41, 5.74) is 2.06. The molecule has 6 rings (SSSR count). The van der Waals surface area contributed by atoms with Crippen LogP contribution in [0.25, 0.3) is 16.6 Å². The molecule has 1 N–H and O–H groups in total. The van der Waals surface area contributed by atoms with E-state index in [-0.39, 0.29) is 17.9 Å². The number of carbonyl (C=O) groups excluding carboxylic acids is 1. The van der Waals surface area contributed by atoms with Crippen molar-refractivity contribution in [3.05, 3.63) is 84.8 Å². The number of likely N-dealkylation sites (tertiary alicyclic amines) is 1. The van der Waals surface area contributed by atoms with E-state index >= 15 is 4.39 Å². The predicted molar refractivity (Wildman–Crippen MR) is 167 cm³/mol. The zero-order valence-electron chi connectivity index (χ0n) is 25.5. The Labute approximate surface area is 260 Å². The molecule has 0 aliphatic carbocycles. The second kappa shape index (κ2) is 12.4. The molecule has 11 nitrogen and oxygen atoms in total. The zero-order valence-corrected chi connectivity index (χ0v) is 25.5. The number of hydrogen-bond acceptors (Lipinski definition) is 9. The number of carbonyl (C=O) groups is 1. The van der Waals surface area contributed by atoms with Gasteiger partial charge in [-0.25, -0.2) is 23.8 Å². The number of amides is 1. The molecule has 0 spiro atoms. The summed E-state index contributed by atoms with van der Waals surface area (Å²) < 4.78 is 34.4. The van der Waals surface area contributed by atoms with E-state index in [4.69, 9.17) is 14.2 Å². The number of aryl methyl sites for hydroxylation is 1. The summed E-state index contributed by atoms with van der Waals surface area (Å²) in [5.74, 6) is 1.17. The maximum atomic E-state index is 15.2. The van der Waals surface area contributed by atoms with Gasteiger partial charge in [-0.2, -0.15) is 0 Å². The number of ether oxygens (including phenoxy) is 3. The Hall–Kier alpha value is -5.26. The van der Waals surface area contributed by atoms with Gasteiger partial charge in [-0.05, 0) is 70.2 Å². The standard InChI is InChI=1S/C33H34FN7O4/c1-21-5-6-22(19-35-21)41-16-13-30(39-41)44-25-8-10-29(27(34)18-25)38-31-26-17-24(7-9-28(26)36-20-37-31)43-23-11-14-40(15-12-23)32(42)45-33(2,3)4/h5-10,13,16-20,23H,11-12,14-15H2,1-4H3,(H,36,37,38).